The van der Waals surface area contributed by atoms with Crippen LogP contribution in [0.1, 0.15) is 30.7 Å². The maximum Gasteiger partial charge on any atom is 0.264 e. The summed E-state index contributed by atoms with van der Waals surface area (Å²) in [7, 11) is 0.327. The third kappa shape index (κ3) is 6.09. The van der Waals surface area contributed by atoms with Crippen LogP contribution in [0.4, 0.5) is 11.6 Å². The molecule has 0 amide bonds. The molecule has 1 unspecified atom stereocenters. The maximum absolute atomic E-state index is 14.4. The van der Waals surface area contributed by atoms with Crippen molar-refractivity contribution in [2.24, 2.45) is 0 Å². The van der Waals surface area contributed by atoms with E-state index in [9.17, 15) is 13.2 Å². The Morgan fingerprint density at radius 3 is 2.31 bits per heavy atom. The molecule has 2 fully saturated rings. The smallest absolute Gasteiger partial charge is 0.264 e. The van der Waals surface area contributed by atoms with Crippen molar-refractivity contribution in [3.8, 4) is 22.6 Å². The average molecular weight is 669 g/mol. The van der Waals surface area contributed by atoms with Crippen LogP contribution in [0.3, 0.4) is 0 Å². The van der Waals surface area contributed by atoms with Gasteiger partial charge in [-0.15, -0.1) is 0 Å². The third-order valence-corrected chi connectivity index (χ3v) is 11.5. The van der Waals surface area contributed by atoms with Gasteiger partial charge in [0, 0.05) is 35.9 Å². The quantitative estimate of drug-likeness (QED) is 0.255. The summed E-state index contributed by atoms with van der Waals surface area (Å²) in [5, 5.41) is 7.83. The summed E-state index contributed by atoms with van der Waals surface area (Å²) in [6, 6.07) is 18.7. The molecule has 0 saturated carbocycles. The fourth-order valence-corrected chi connectivity index (χ4v) is 8.56. The summed E-state index contributed by atoms with van der Waals surface area (Å²) < 4.78 is 36.3. The highest BCUT2D eigenvalue weighted by Gasteiger charge is 2.34. The molecule has 0 aliphatic carbocycles. The molecule has 2 saturated heterocycles. The number of pyridine rings is 1. The van der Waals surface area contributed by atoms with Gasteiger partial charge in [-0.25, -0.2) is 13.4 Å². The van der Waals surface area contributed by atoms with Crippen LogP contribution in [0.5, 0.6) is 5.75 Å². The number of fused-ring (bicyclic) bond motifs is 1. The normalized spacial score (nSPS) is 18.0. The SMILES string of the molecule is Cc1nn(S(=O)(=O)C2CCN(C)CC2)c(C)c1-c1cc2cnc(Nc3ccc(OC4CCN(C)C4)cc3)nc2n(-c2ccccc2)c1=O. The Balaban J connectivity index is 1.26. The zero-order valence-corrected chi connectivity index (χ0v) is 28.4. The minimum Gasteiger partial charge on any atom is -0.489 e. The fraction of sp³-hybridized carbons (Fsp3) is 0.371. The van der Waals surface area contributed by atoms with Crippen LogP contribution >= 0.6 is 0 Å². The van der Waals surface area contributed by atoms with E-state index in [4.69, 9.17) is 9.72 Å². The number of ether oxygens (including phenoxy) is 1. The number of piperidine rings is 1. The second-order valence-corrected chi connectivity index (χ2v) is 14.9. The second-order valence-electron chi connectivity index (χ2n) is 12.9. The van der Waals surface area contributed by atoms with E-state index >= 15 is 0 Å². The van der Waals surface area contributed by atoms with Crippen LogP contribution < -0.4 is 15.6 Å². The molecule has 2 aromatic carbocycles. The number of benzene rings is 2. The van der Waals surface area contributed by atoms with E-state index in [-0.39, 0.29) is 11.7 Å². The predicted molar refractivity (Wildman–Crippen MR) is 187 cm³/mol. The fourth-order valence-electron chi connectivity index (χ4n) is 6.76. The molecule has 5 heterocycles. The van der Waals surface area contributed by atoms with Crippen LogP contribution in [0.2, 0.25) is 0 Å². The highest BCUT2D eigenvalue weighted by molar-refractivity contribution is 7.90. The van der Waals surface area contributed by atoms with Gasteiger partial charge in [0.05, 0.1) is 27.9 Å². The highest BCUT2D eigenvalue weighted by atomic mass is 32.2. The summed E-state index contributed by atoms with van der Waals surface area (Å²) in [5.74, 6) is 1.13. The van der Waals surface area contributed by atoms with Crippen molar-refractivity contribution in [2.45, 2.75) is 44.5 Å². The van der Waals surface area contributed by atoms with E-state index in [2.05, 4.69) is 32.2 Å². The minimum atomic E-state index is -3.76. The average Bonchev–Trinajstić information content (AvgIpc) is 3.63. The van der Waals surface area contributed by atoms with Crippen LogP contribution in [0.25, 0.3) is 27.8 Å². The van der Waals surface area contributed by atoms with E-state index < -0.39 is 15.3 Å². The number of aromatic nitrogens is 5. The summed E-state index contributed by atoms with van der Waals surface area (Å²) >= 11 is 0. The summed E-state index contributed by atoms with van der Waals surface area (Å²) in [6.45, 7) is 6.81. The summed E-state index contributed by atoms with van der Waals surface area (Å²) in [6.07, 6.45) is 3.93. The lowest BCUT2D eigenvalue weighted by Gasteiger charge is -2.28. The second kappa shape index (κ2) is 12.8. The van der Waals surface area contributed by atoms with E-state index in [0.717, 1.165) is 35.0 Å². The molecule has 12 nitrogen and oxygen atoms in total. The maximum atomic E-state index is 14.4. The van der Waals surface area contributed by atoms with Gasteiger partial charge in [0.2, 0.25) is 5.95 Å². The number of hydrogen-bond acceptors (Lipinski definition) is 10. The van der Waals surface area contributed by atoms with Gasteiger partial charge in [-0.1, -0.05) is 18.2 Å². The zero-order valence-electron chi connectivity index (χ0n) is 27.6. The molecule has 0 bridgehead atoms. The van der Waals surface area contributed by atoms with Crippen LogP contribution in [-0.4, -0.2) is 93.6 Å². The first-order valence-electron chi connectivity index (χ1n) is 16.3. The van der Waals surface area contributed by atoms with Crippen LogP contribution in [-0.2, 0) is 10.0 Å². The van der Waals surface area contributed by atoms with Gasteiger partial charge >= 0.3 is 0 Å². The Kier molecular flexibility index (Phi) is 8.52. The third-order valence-electron chi connectivity index (χ3n) is 9.37. The Hall–Kier alpha value is -4.59. The molecular weight excluding hydrogens is 629 g/mol. The zero-order chi connectivity index (χ0) is 33.6. The number of rotatable bonds is 8. The number of anilines is 2. The number of likely N-dealkylation sites (tertiary alicyclic amines) is 2. The van der Waals surface area contributed by atoms with Crippen molar-refractivity contribution in [1.29, 1.82) is 0 Å². The Labute approximate surface area is 280 Å². The van der Waals surface area contributed by atoms with Gasteiger partial charge in [-0.3, -0.25) is 9.36 Å². The van der Waals surface area contributed by atoms with Gasteiger partial charge in [0.25, 0.3) is 15.6 Å². The number of hydrogen-bond donors (Lipinski definition) is 1. The molecule has 13 heteroatoms. The Bertz CT molecular complexity index is 2120. The van der Waals surface area contributed by atoms with E-state index in [1.165, 1.54) is 0 Å². The van der Waals surface area contributed by atoms with Crippen molar-refractivity contribution < 1.29 is 13.2 Å². The summed E-state index contributed by atoms with van der Waals surface area (Å²) in [5.41, 5.74) is 3.19. The van der Waals surface area contributed by atoms with Crippen LogP contribution in [0.15, 0.2) is 71.7 Å². The molecule has 2 aliphatic rings. The van der Waals surface area contributed by atoms with Gasteiger partial charge in [0.1, 0.15) is 11.9 Å². The standard InChI is InChI=1S/C35H40N8O4S/c1-23-32(24(2)43(39-23)48(45,46)30-15-18-40(3)19-16-30)31-20-25-21-36-35(38-33(25)42(34(31)44)27-8-6-5-7-9-27)37-26-10-12-28(13-11-26)47-29-14-17-41(4)22-29/h5-13,20-21,29-30H,14-19,22H2,1-4H3,(H,36,37,38). The van der Waals surface area contributed by atoms with E-state index in [1.807, 2.05) is 61.6 Å². The van der Waals surface area contributed by atoms with Crippen molar-refractivity contribution >= 4 is 32.7 Å². The molecular formula is C35H40N8O4S. The first-order valence-corrected chi connectivity index (χ1v) is 17.8. The largest absolute Gasteiger partial charge is 0.489 e. The predicted octanol–water partition coefficient (Wildman–Crippen LogP) is 4.36. The van der Waals surface area contributed by atoms with E-state index in [0.29, 0.717) is 71.1 Å². The molecule has 250 valence electrons. The molecule has 7 rings (SSSR count). The highest BCUT2D eigenvalue weighted by Crippen LogP contribution is 2.31. The number of para-hydroxylation sites is 1. The number of nitrogens with zero attached hydrogens (tertiary/aromatic N) is 7. The molecule has 5 aromatic rings. The van der Waals surface area contributed by atoms with Crippen molar-refractivity contribution in [3.05, 3.63) is 88.6 Å². The molecule has 0 radical (unpaired) electrons. The Morgan fingerprint density at radius 1 is 0.917 bits per heavy atom. The molecule has 1 N–H and O–H groups in total. The lowest BCUT2D eigenvalue weighted by atomic mass is 10.0. The topological polar surface area (TPSA) is 127 Å². The molecule has 48 heavy (non-hydrogen) atoms. The summed E-state index contributed by atoms with van der Waals surface area (Å²) in [4.78, 5) is 28.2. The molecule has 0 spiro atoms. The molecule has 3 aromatic heterocycles. The van der Waals surface area contributed by atoms with Gasteiger partial charge in [-0.05, 0) is 103 Å². The molecule has 2 aliphatic heterocycles. The minimum absolute atomic E-state index is 0.183. The monoisotopic (exact) mass is 668 g/mol. The lowest BCUT2D eigenvalue weighted by Crippen LogP contribution is -2.39. The van der Waals surface area contributed by atoms with Crippen LogP contribution in [0, 0.1) is 13.8 Å². The lowest BCUT2D eigenvalue weighted by molar-refractivity contribution is 0.208. The van der Waals surface area contributed by atoms with Gasteiger partial charge < -0.3 is 19.9 Å². The first-order chi connectivity index (χ1) is 23.1. The van der Waals surface area contributed by atoms with E-state index in [1.54, 1.807) is 30.7 Å². The van der Waals surface area contributed by atoms with Crippen molar-refractivity contribution in [1.82, 2.24) is 33.5 Å². The number of nitrogens with one attached hydrogen (secondary N) is 1. The van der Waals surface area contributed by atoms with Gasteiger partial charge in [0.15, 0.2) is 5.65 Å². The van der Waals surface area contributed by atoms with Crippen molar-refractivity contribution in [3.63, 3.8) is 0 Å². The Morgan fingerprint density at radius 2 is 1.62 bits per heavy atom. The van der Waals surface area contributed by atoms with Crippen molar-refractivity contribution in [2.75, 3.05) is 45.6 Å². The van der Waals surface area contributed by atoms with Gasteiger partial charge in [-0.2, -0.15) is 14.2 Å². The number of aryl methyl sites for hydroxylation is 1. The first kappa shape index (κ1) is 32.0. The molecule has 1 atom stereocenters. The number of likely N-dealkylation sites (N-methyl/N-ethyl adjacent to an activating group) is 1.